The highest BCUT2D eigenvalue weighted by molar-refractivity contribution is 5.79. The molecule has 0 aliphatic rings. The molecule has 0 aliphatic carbocycles. The number of imidazole rings is 1. The maximum absolute atomic E-state index is 5.89. The third-order valence-electron chi connectivity index (χ3n) is 4.83. The molecule has 0 radical (unpaired) electrons. The van der Waals surface area contributed by atoms with Crippen LogP contribution in [0.4, 0.5) is 0 Å². The summed E-state index contributed by atoms with van der Waals surface area (Å²) in [6, 6.07) is 30.4. The van der Waals surface area contributed by atoms with Crippen LogP contribution in [0.1, 0.15) is 5.56 Å². The number of hydrogen-bond donors (Lipinski definition) is 0. The zero-order valence-corrected chi connectivity index (χ0v) is 15.8. The van der Waals surface area contributed by atoms with E-state index in [1.165, 1.54) is 0 Å². The van der Waals surface area contributed by atoms with E-state index < -0.39 is 0 Å². The van der Waals surface area contributed by atoms with Crippen molar-refractivity contribution in [3.63, 3.8) is 0 Å². The van der Waals surface area contributed by atoms with Crippen molar-refractivity contribution in [2.75, 3.05) is 0 Å². The van der Waals surface area contributed by atoms with Gasteiger partial charge >= 0.3 is 0 Å². The first-order valence-corrected chi connectivity index (χ1v) is 9.53. The summed E-state index contributed by atoms with van der Waals surface area (Å²) in [5.74, 6) is 2.53. The van der Waals surface area contributed by atoms with Crippen LogP contribution in [0.5, 0.6) is 5.75 Å². The van der Waals surface area contributed by atoms with Crippen LogP contribution in [0.15, 0.2) is 103 Å². The SMILES string of the molecule is c1ccc(COc2ccc(-c3nccn3-c3ccc4ccccc4n3)cc2)cc1. The molecule has 4 heteroatoms. The maximum atomic E-state index is 5.89. The lowest BCUT2D eigenvalue weighted by Crippen LogP contribution is -1.99. The molecule has 5 aromatic rings. The molecule has 3 aromatic carbocycles. The van der Waals surface area contributed by atoms with Gasteiger partial charge in [0.2, 0.25) is 0 Å². The molecular weight excluding hydrogens is 358 g/mol. The zero-order valence-electron chi connectivity index (χ0n) is 15.8. The minimum absolute atomic E-state index is 0.551. The number of benzene rings is 3. The summed E-state index contributed by atoms with van der Waals surface area (Å²) in [7, 11) is 0. The van der Waals surface area contributed by atoms with E-state index in [1.54, 1.807) is 6.20 Å². The Morgan fingerprint density at radius 3 is 2.41 bits per heavy atom. The molecule has 0 spiro atoms. The molecule has 0 aliphatic heterocycles. The molecule has 2 heterocycles. The van der Waals surface area contributed by atoms with Gasteiger partial charge in [0.15, 0.2) is 0 Å². The monoisotopic (exact) mass is 377 g/mol. The summed E-state index contributed by atoms with van der Waals surface area (Å²) in [6.07, 6.45) is 3.73. The highest BCUT2D eigenvalue weighted by atomic mass is 16.5. The lowest BCUT2D eigenvalue weighted by Gasteiger charge is -2.10. The van der Waals surface area contributed by atoms with Crippen LogP contribution >= 0.6 is 0 Å². The van der Waals surface area contributed by atoms with Gasteiger partial charge in [-0.15, -0.1) is 0 Å². The van der Waals surface area contributed by atoms with Crippen LogP contribution < -0.4 is 4.74 Å². The molecular formula is C25H19N3O. The van der Waals surface area contributed by atoms with E-state index in [0.29, 0.717) is 6.61 Å². The molecule has 29 heavy (non-hydrogen) atoms. The Labute approximate surface area is 169 Å². The standard InChI is InChI=1S/C25H19N3O/c1-2-6-19(7-3-1)18-29-22-13-10-21(11-14-22)25-26-16-17-28(25)24-15-12-20-8-4-5-9-23(20)27-24/h1-17H,18H2. The molecule has 0 saturated carbocycles. The second-order valence-corrected chi connectivity index (χ2v) is 6.78. The summed E-state index contributed by atoms with van der Waals surface area (Å²) in [4.78, 5) is 9.33. The number of fused-ring (bicyclic) bond motifs is 1. The van der Waals surface area contributed by atoms with Gasteiger partial charge in [-0.05, 0) is 48.0 Å². The Balaban J connectivity index is 1.39. The minimum Gasteiger partial charge on any atom is -0.489 e. The predicted octanol–water partition coefficient (Wildman–Crippen LogP) is 5.67. The van der Waals surface area contributed by atoms with E-state index >= 15 is 0 Å². The molecule has 0 atom stereocenters. The maximum Gasteiger partial charge on any atom is 0.145 e. The van der Waals surface area contributed by atoms with E-state index in [0.717, 1.165) is 39.4 Å². The minimum atomic E-state index is 0.551. The highest BCUT2D eigenvalue weighted by Crippen LogP contribution is 2.24. The molecule has 2 aromatic heterocycles. The number of nitrogens with zero attached hydrogens (tertiary/aromatic N) is 3. The van der Waals surface area contributed by atoms with Crippen molar-refractivity contribution in [1.82, 2.24) is 14.5 Å². The lowest BCUT2D eigenvalue weighted by atomic mass is 10.2. The zero-order chi connectivity index (χ0) is 19.5. The summed E-state index contributed by atoms with van der Waals surface area (Å²) in [5, 5.41) is 1.12. The van der Waals surface area contributed by atoms with Gasteiger partial charge < -0.3 is 4.74 Å². The van der Waals surface area contributed by atoms with Crippen molar-refractivity contribution < 1.29 is 4.74 Å². The van der Waals surface area contributed by atoms with E-state index in [-0.39, 0.29) is 0 Å². The van der Waals surface area contributed by atoms with Gasteiger partial charge in [-0.3, -0.25) is 4.57 Å². The first-order chi connectivity index (χ1) is 14.4. The molecule has 0 bridgehead atoms. The fraction of sp³-hybridized carbons (Fsp3) is 0.0400. The summed E-state index contributed by atoms with van der Waals surface area (Å²) in [6.45, 7) is 0.551. The number of ether oxygens (including phenoxy) is 1. The fourth-order valence-corrected chi connectivity index (χ4v) is 3.33. The first kappa shape index (κ1) is 17.2. The number of aromatic nitrogens is 3. The number of rotatable bonds is 5. The first-order valence-electron chi connectivity index (χ1n) is 9.53. The molecule has 0 amide bonds. The predicted molar refractivity (Wildman–Crippen MR) is 115 cm³/mol. The molecule has 0 fully saturated rings. The lowest BCUT2D eigenvalue weighted by molar-refractivity contribution is 0.306. The van der Waals surface area contributed by atoms with Gasteiger partial charge in [-0.1, -0.05) is 48.5 Å². The van der Waals surface area contributed by atoms with Gasteiger partial charge in [-0.2, -0.15) is 0 Å². The van der Waals surface area contributed by atoms with Crippen molar-refractivity contribution >= 4 is 10.9 Å². The second-order valence-electron chi connectivity index (χ2n) is 6.78. The van der Waals surface area contributed by atoms with Crippen molar-refractivity contribution in [3.05, 3.63) is 109 Å². The summed E-state index contributed by atoms with van der Waals surface area (Å²) < 4.78 is 7.89. The van der Waals surface area contributed by atoms with Crippen molar-refractivity contribution in [2.24, 2.45) is 0 Å². The van der Waals surface area contributed by atoms with E-state index in [9.17, 15) is 0 Å². The van der Waals surface area contributed by atoms with Crippen LogP contribution in [-0.2, 0) is 6.61 Å². The van der Waals surface area contributed by atoms with Gasteiger partial charge in [-0.25, -0.2) is 9.97 Å². The van der Waals surface area contributed by atoms with Crippen molar-refractivity contribution in [2.45, 2.75) is 6.61 Å². The third kappa shape index (κ3) is 3.60. The van der Waals surface area contributed by atoms with Crippen LogP contribution in [0.25, 0.3) is 28.1 Å². The normalized spacial score (nSPS) is 10.9. The van der Waals surface area contributed by atoms with Crippen molar-refractivity contribution in [3.8, 4) is 23.0 Å². The summed E-state index contributed by atoms with van der Waals surface area (Å²) >= 11 is 0. The smallest absolute Gasteiger partial charge is 0.145 e. The second kappa shape index (κ2) is 7.60. The number of pyridine rings is 1. The molecule has 140 valence electrons. The third-order valence-corrected chi connectivity index (χ3v) is 4.83. The topological polar surface area (TPSA) is 39.9 Å². The van der Waals surface area contributed by atoms with Crippen molar-refractivity contribution in [1.29, 1.82) is 0 Å². The van der Waals surface area contributed by atoms with Crippen LogP contribution in [0.3, 0.4) is 0 Å². The number of para-hydroxylation sites is 1. The Morgan fingerprint density at radius 1 is 0.759 bits per heavy atom. The Kier molecular flexibility index (Phi) is 4.51. The van der Waals surface area contributed by atoms with E-state index in [4.69, 9.17) is 9.72 Å². The van der Waals surface area contributed by atoms with Gasteiger partial charge in [0.1, 0.15) is 24.0 Å². The Hall–Kier alpha value is -3.92. The van der Waals surface area contributed by atoms with Gasteiger partial charge in [0.25, 0.3) is 0 Å². The molecule has 0 N–H and O–H groups in total. The fourth-order valence-electron chi connectivity index (χ4n) is 3.33. The molecule has 4 nitrogen and oxygen atoms in total. The molecule has 0 unspecified atom stereocenters. The Bertz CT molecular complexity index is 1240. The average Bonchev–Trinajstić information content (AvgIpc) is 3.28. The van der Waals surface area contributed by atoms with Crippen LogP contribution in [0, 0.1) is 0 Å². The average molecular weight is 377 g/mol. The largest absolute Gasteiger partial charge is 0.489 e. The number of hydrogen-bond acceptors (Lipinski definition) is 3. The van der Waals surface area contributed by atoms with Gasteiger partial charge in [0.05, 0.1) is 5.52 Å². The van der Waals surface area contributed by atoms with Gasteiger partial charge in [0, 0.05) is 23.3 Å². The Morgan fingerprint density at radius 2 is 1.55 bits per heavy atom. The van der Waals surface area contributed by atoms with E-state index in [2.05, 4.69) is 29.2 Å². The molecule has 5 rings (SSSR count). The summed E-state index contributed by atoms with van der Waals surface area (Å²) in [5.41, 5.74) is 3.13. The van der Waals surface area contributed by atoms with Crippen LogP contribution in [0.2, 0.25) is 0 Å². The molecule has 0 saturated heterocycles. The highest BCUT2D eigenvalue weighted by Gasteiger charge is 2.09. The van der Waals surface area contributed by atoms with Crippen LogP contribution in [-0.4, -0.2) is 14.5 Å². The quantitative estimate of drug-likeness (QED) is 0.396. The van der Waals surface area contributed by atoms with E-state index in [1.807, 2.05) is 77.5 Å².